The number of benzene rings is 1. The quantitative estimate of drug-likeness (QED) is 0.618. The molecule has 3 aliphatic rings. The molecule has 0 radical (unpaired) electrons. The summed E-state index contributed by atoms with van der Waals surface area (Å²) in [6.45, 7) is 6.58. The second-order valence-corrected chi connectivity index (χ2v) is 8.18. The highest BCUT2D eigenvalue weighted by molar-refractivity contribution is 6.08. The Bertz CT molecular complexity index is 984. The summed E-state index contributed by atoms with van der Waals surface area (Å²) in [5, 5.41) is 2.30. The minimum Gasteiger partial charge on any atom is -0.436 e. The topological polar surface area (TPSA) is 32.5 Å². The molecule has 4 nitrogen and oxygen atoms in total. The Labute approximate surface area is 154 Å². The number of furan rings is 1. The van der Waals surface area contributed by atoms with Crippen LogP contribution in [0.1, 0.15) is 43.9 Å². The zero-order valence-electron chi connectivity index (χ0n) is 16.1. The Morgan fingerprint density at radius 3 is 2.42 bits per heavy atom. The first-order valence-electron chi connectivity index (χ1n) is 9.84. The predicted molar refractivity (Wildman–Crippen MR) is 107 cm³/mol. The first kappa shape index (κ1) is 16.1. The molecule has 0 amide bonds. The van der Waals surface area contributed by atoms with Gasteiger partial charge in [0.15, 0.2) is 5.58 Å². The fourth-order valence-electron chi connectivity index (χ4n) is 5.14. The molecule has 1 saturated carbocycles. The van der Waals surface area contributed by atoms with Crippen LogP contribution in [0, 0.1) is 13.8 Å². The zero-order chi connectivity index (χ0) is 18.0. The monoisotopic (exact) mass is 349 g/mol. The summed E-state index contributed by atoms with van der Waals surface area (Å²) >= 11 is 0. The highest BCUT2D eigenvalue weighted by Crippen LogP contribution is 2.43. The van der Waals surface area contributed by atoms with E-state index in [2.05, 4.69) is 59.9 Å². The third-order valence-electron chi connectivity index (χ3n) is 6.71. The lowest BCUT2D eigenvalue weighted by Gasteiger charge is -2.39. The van der Waals surface area contributed by atoms with Crippen molar-refractivity contribution < 1.29 is 4.42 Å². The molecule has 4 heteroatoms. The van der Waals surface area contributed by atoms with Crippen molar-refractivity contribution in [1.29, 1.82) is 0 Å². The van der Waals surface area contributed by atoms with Crippen LogP contribution in [0.4, 0.5) is 5.69 Å². The molecular formula is C22H27N3O. The van der Waals surface area contributed by atoms with E-state index in [0.717, 1.165) is 22.4 Å². The SMILES string of the molecule is Cc1ccc2c(n1)oc1c(N3C4CCC(CC4)N(C)[C@@H]3C)c(C)ccc12. The van der Waals surface area contributed by atoms with Crippen LogP contribution < -0.4 is 4.90 Å². The van der Waals surface area contributed by atoms with E-state index in [9.17, 15) is 0 Å². The van der Waals surface area contributed by atoms with E-state index >= 15 is 0 Å². The third-order valence-corrected chi connectivity index (χ3v) is 6.71. The largest absolute Gasteiger partial charge is 0.436 e. The minimum atomic E-state index is 0.377. The first-order chi connectivity index (χ1) is 12.5. The molecule has 2 aliphatic heterocycles. The van der Waals surface area contributed by atoms with Crippen molar-refractivity contribution in [3.05, 3.63) is 35.5 Å². The van der Waals surface area contributed by atoms with Crippen LogP contribution in [-0.2, 0) is 0 Å². The van der Waals surface area contributed by atoms with Crippen LogP contribution >= 0.6 is 0 Å². The Kier molecular flexibility index (Phi) is 3.54. The molecule has 2 saturated heterocycles. The van der Waals surface area contributed by atoms with Crippen molar-refractivity contribution in [2.24, 2.45) is 0 Å². The van der Waals surface area contributed by atoms with Gasteiger partial charge >= 0.3 is 0 Å². The Balaban J connectivity index is 1.77. The van der Waals surface area contributed by atoms with Crippen LogP contribution in [0.5, 0.6) is 0 Å². The maximum Gasteiger partial charge on any atom is 0.227 e. The van der Waals surface area contributed by atoms with Crippen molar-refractivity contribution in [1.82, 2.24) is 9.88 Å². The molecule has 3 fully saturated rings. The smallest absolute Gasteiger partial charge is 0.227 e. The summed E-state index contributed by atoms with van der Waals surface area (Å²) in [5.41, 5.74) is 5.32. The highest BCUT2D eigenvalue weighted by atomic mass is 16.3. The lowest BCUT2D eigenvalue weighted by Crippen LogP contribution is -2.47. The van der Waals surface area contributed by atoms with Crippen molar-refractivity contribution >= 4 is 27.8 Å². The van der Waals surface area contributed by atoms with Gasteiger partial charge in [-0.25, -0.2) is 4.98 Å². The van der Waals surface area contributed by atoms with Gasteiger partial charge in [0, 0.05) is 28.6 Å². The summed E-state index contributed by atoms with van der Waals surface area (Å²) in [4.78, 5) is 9.84. The number of anilines is 1. The standard InChI is InChI=1S/C22H27N3O/c1-13-5-11-18-19-12-6-14(2)23-22(19)26-21(18)20(13)25-15(3)24(4)16-7-9-17(25)10-8-16/h5-6,11-12,15-17H,7-10H2,1-4H3/t15-,16?,17?/m0/s1. The van der Waals surface area contributed by atoms with Gasteiger partial charge < -0.3 is 9.32 Å². The maximum atomic E-state index is 6.36. The molecule has 1 aromatic carbocycles. The lowest BCUT2D eigenvalue weighted by molar-refractivity contribution is 0.184. The Hall–Kier alpha value is -2.07. The van der Waals surface area contributed by atoms with E-state index < -0.39 is 0 Å². The van der Waals surface area contributed by atoms with Gasteiger partial charge in [-0.2, -0.15) is 0 Å². The molecule has 0 N–H and O–H groups in total. The average molecular weight is 349 g/mol. The number of rotatable bonds is 1. The summed E-state index contributed by atoms with van der Waals surface area (Å²) in [6.07, 6.45) is 5.53. The molecule has 1 aliphatic carbocycles. The van der Waals surface area contributed by atoms with Crippen LogP contribution in [-0.4, -0.2) is 35.2 Å². The van der Waals surface area contributed by atoms with Gasteiger partial charge in [-0.3, -0.25) is 4.90 Å². The van der Waals surface area contributed by atoms with Crippen LogP contribution in [0.25, 0.3) is 22.1 Å². The lowest BCUT2D eigenvalue weighted by atomic mass is 9.91. The molecule has 0 unspecified atom stereocenters. The molecule has 2 aromatic heterocycles. The second-order valence-electron chi connectivity index (χ2n) is 8.18. The van der Waals surface area contributed by atoms with Gasteiger partial charge in [0.25, 0.3) is 0 Å². The fraction of sp³-hybridized carbons (Fsp3) is 0.500. The van der Waals surface area contributed by atoms with Crippen molar-refractivity contribution in [3.8, 4) is 0 Å². The fourth-order valence-corrected chi connectivity index (χ4v) is 5.14. The summed E-state index contributed by atoms with van der Waals surface area (Å²) in [6, 6.07) is 9.97. The third kappa shape index (κ3) is 2.21. The van der Waals surface area contributed by atoms with Crippen LogP contribution in [0.15, 0.2) is 28.7 Å². The minimum absolute atomic E-state index is 0.377. The molecule has 136 valence electrons. The summed E-state index contributed by atoms with van der Waals surface area (Å²) < 4.78 is 6.36. The molecule has 6 rings (SSSR count). The molecule has 3 aromatic rings. The molecule has 2 bridgehead atoms. The number of pyridine rings is 1. The van der Waals surface area contributed by atoms with Crippen LogP contribution in [0.3, 0.4) is 0 Å². The summed E-state index contributed by atoms with van der Waals surface area (Å²) in [5.74, 6) is 0. The Morgan fingerprint density at radius 1 is 0.962 bits per heavy atom. The number of aryl methyl sites for hydroxylation is 2. The maximum absolute atomic E-state index is 6.36. The number of hydrogen-bond acceptors (Lipinski definition) is 4. The van der Waals surface area contributed by atoms with E-state index in [0.29, 0.717) is 18.2 Å². The number of aromatic nitrogens is 1. The molecule has 26 heavy (non-hydrogen) atoms. The van der Waals surface area contributed by atoms with Crippen molar-refractivity contribution in [2.75, 3.05) is 11.9 Å². The van der Waals surface area contributed by atoms with E-state index in [1.807, 2.05) is 6.92 Å². The molecule has 1 atom stereocenters. The van der Waals surface area contributed by atoms with Gasteiger partial charge in [-0.15, -0.1) is 0 Å². The normalized spacial score (nSPS) is 26.8. The van der Waals surface area contributed by atoms with E-state index in [-0.39, 0.29) is 0 Å². The zero-order valence-corrected chi connectivity index (χ0v) is 16.1. The van der Waals surface area contributed by atoms with Gasteiger partial charge in [0.1, 0.15) is 0 Å². The van der Waals surface area contributed by atoms with Gasteiger partial charge in [-0.1, -0.05) is 12.1 Å². The molecule has 4 heterocycles. The average Bonchev–Trinajstić information content (AvgIpc) is 2.90. The highest BCUT2D eigenvalue weighted by Gasteiger charge is 2.39. The second kappa shape index (κ2) is 5.71. The Morgan fingerprint density at radius 2 is 1.65 bits per heavy atom. The van der Waals surface area contributed by atoms with E-state index in [1.165, 1.54) is 42.3 Å². The van der Waals surface area contributed by atoms with E-state index in [1.54, 1.807) is 0 Å². The number of hydrogen-bond donors (Lipinski definition) is 0. The number of nitrogens with zero attached hydrogens (tertiary/aromatic N) is 3. The van der Waals surface area contributed by atoms with Gasteiger partial charge in [0.2, 0.25) is 5.71 Å². The van der Waals surface area contributed by atoms with Crippen molar-refractivity contribution in [2.45, 2.75) is 64.7 Å². The molecular weight excluding hydrogens is 322 g/mol. The predicted octanol–water partition coefficient (Wildman–Crippen LogP) is 5.01. The van der Waals surface area contributed by atoms with Crippen molar-refractivity contribution in [3.63, 3.8) is 0 Å². The van der Waals surface area contributed by atoms with E-state index in [4.69, 9.17) is 4.42 Å². The molecule has 0 spiro atoms. The van der Waals surface area contributed by atoms with Gasteiger partial charge in [0.05, 0.1) is 11.9 Å². The summed E-state index contributed by atoms with van der Waals surface area (Å²) in [7, 11) is 2.29. The number of fused-ring (bicyclic) bond motifs is 7. The van der Waals surface area contributed by atoms with Crippen LogP contribution in [0.2, 0.25) is 0 Å². The van der Waals surface area contributed by atoms with Gasteiger partial charge in [-0.05, 0) is 71.2 Å². The first-order valence-corrected chi connectivity index (χ1v) is 9.84.